The molecule has 112 valence electrons. The molecule has 0 fully saturated rings. The Labute approximate surface area is 132 Å². The van der Waals surface area contributed by atoms with Crippen molar-refractivity contribution in [1.82, 2.24) is 19.6 Å². The smallest absolute Gasteiger partial charge is 0.123 e. The van der Waals surface area contributed by atoms with Gasteiger partial charge in [-0.05, 0) is 49.4 Å². The van der Waals surface area contributed by atoms with Crippen molar-refractivity contribution in [1.29, 1.82) is 0 Å². The van der Waals surface area contributed by atoms with E-state index < -0.39 is 0 Å². The predicted octanol–water partition coefficient (Wildman–Crippen LogP) is 3.91. The van der Waals surface area contributed by atoms with E-state index in [0.29, 0.717) is 0 Å². The molecule has 0 N–H and O–H groups in total. The molecule has 0 aliphatic rings. The molecule has 0 saturated heterocycles. The van der Waals surface area contributed by atoms with Crippen molar-refractivity contribution in [2.24, 2.45) is 0 Å². The van der Waals surface area contributed by atoms with Crippen molar-refractivity contribution in [2.75, 3.05) is 0 Å². The Bertz CT molecular complexity index is 975. The number of halogens is 1. The van der Waals surface area contributed by atoms with Crippen LogP contribution in [0.4, 0.5) is 4.39 Å². The van der Waals surface area contributed by atoms with E-state index in [-0.39, 0.29) is 5.82 Å². The van der Waals surface area contributed by atoms with Crippen LogP contribution in [0.25, 0.3) is 28.0 Å². The Hall–Kier alpha value is -3.08. The maximum absolute atomic E-state index is 13.2. The van der Waals surface area contributed by atoms with Gasteiger partial charge in [0.25, 0.3) is 0 Å². The fourth-order valence-corrected chi connectivity index (χ4v) is 2.70. The van der Waals surface area contributed by atoms with E-state index in [9.17, 15) is 4.39 Å². The topological polar surface area (TPSA) is 43.1 Å². The summed E-state index contributed by atoms with van der Waals surface area (Å²) in [6, 6.07) is 14.2. The standard InChI is InChI=1S/C18H13FN4/c1-12-3-2-4-16-17(15-9-10-20-11-21-15)18(22-23(12)16)13-5-7-14(19)8-6-13/h2-11H,1H3. The van der Waals surface area contributed by atoms with Crippen LogP contribution in [0.5, 0.6) is 0 Å². The maximum atomic E-state index is 13.2. The first-order chi connectivity index (χ1) is 11.2. The van der Waals surface area contributed by atoms with Crippen LogP contribution in [0.15, 0.2) is 61.1 Å². The first-order valence-electron chi connectivity index (χ1n) is 7.25. The lowest BCUT2D eigenvalue weighted by molar-refractivity contribution is 0.628. The van der Waals surface area contributed by atoms with Crippen LogP contribution in [0.2, 0.25) is 0 Å². The highest BCUT2D eigenvalue weighted by Crippen LogP contribution is 2.34. The number of hydrogen-bond acceptors (Lipinski definition) is 3. The van der Waals surface area contributed by atoms with Crippen molar-refractivity contribution in [2.45, 2.75) is 6.92 Å². The van der Waals surface area contributed by atoms with Crippen molar-refractivity contribution in [3.8, 4) is 22.5 Å². The van der Waals surface area contributed by atoms with Crippen LogP contribution in [0.1, 0.15) is 5.69 Å². The summed E-state index contributed by atoms with van der Waals surface area (Å²) in [5.41, 5.74) is 5.32. The summed E-state index contributed by atoms with van der Waals surface area (Å²) >= 11 is 0. The van der Waals surface area contributed by atoms with E-state index in [1.165, 1.54) is 18.5 Å². The van der Waals surface area contributed by atoms with Crippen molar-refractivity contribution in [3.05, 3.63) is 72.6 Å². The van der Waals surface area contributed by atoms with Gasteiger partial charge in [0.1, 0.15) is 17.8 Å². The Balaban J connectivity index is 2.07. The number of pyridine rings is 1. The largest absolute Gasteiger partial charge is 0.245 e. The molecule has 0 radical (unpaired) electrons. The van der Waals surface area contributed by atoms with Crippen LogP contribution in [-0.2, 0) is 0 Å². The second-order valence-corrected chi connectivity index (χ2v) is 5.29. The number of fused-ring (bicyclic) bond motifs is 1. The summed E-state index contributed by atoms with van der Waals surface area (Å²) < 4.78 is 15.1. The second kappa shape index (κ2) is 5.28. The first-order valence-corrected chi connectivity index (χ1v) is 7.25. The Kier molecular flexibility index (Phi) is 3.12. The lowest BCUT2D eigenvalue weighted by Crippen LogP contribution is -1.92. The summed E-state index contributed by atoms with van der Waals surface area (Å²) in [6.07, 6.45) is 3.22. The normalized spacial score (nSPS) is 11.0. The molecule has 3 heterocycles. The van der Waals surface area contributed by atoms with Crippen LogP contribution in [-0.4, -0.2) is 19.6 Å². The third-order valence-electron chi connectivity index (χ3n) is 3.80. The molecule has 0 aliphatic carbocycles. The number of aromatic nitrogens is 4. The zero-order valence-electron chi connectivity index (χ0n) is 12.4. The molecule has 0 amide bonds. The van der Waals surface area contributed by atoms with Gasteiger partial charge in [-0.1, -0.05) is 6.07 Å². The maximum Gasteiger partial charge on any atom is 0.123 e. The minimum atomic E-state index is -0.266. The van der Waals surface area contributed by atoms with E-state index in [2.05, 4.69) is 9.97 Å². The van der Waals surface area contributed by atoms with Crippen LogP contribution in [0, 0.1) is 12.7 Å². The monoisotopic (exact) mass is 304 g/mol. The summed E-state index contributed by atoms with van der Waals surface area (Å²) in [4.78, 5) is 8.35. The molecule has 23 heavy (non-hydrogen) atoms. The van der Waals surface area contributed by atoms with Crippen molar-refractivity contribution >= 4 is 5.52 Å². The summed E-state index contributed by atoms with van der Waals surface area (Å²) in [6.45, 7) is 2.00. The van der Waals surface area contributed by atoms with E-state index in [1.807, 2.05) is 35.7 Å². The second-order valence-electron chi connectivity index (χ2n) is 5.29. The van der Waals surface area contributed by atoms with Gasteiger partial charge < -0.3 is 0 Å². The summed E-state index contributed by atoms with van der Waals surface area (Å²) in [7, 11) is 0. The van der Waals surface area contributed by atoms with Gasteiger partial charge in [-0.15, -0.1) is 0 Å². The Morgan fingerprint density at radius 2 is 1.83 bits per heavy atom. The van der Waals surface area contributed by atoms with E-state index in [4.69, 9.17) is 5.10 Å². The van der Waals surface area contributed by atoms with Crippen LogP contribution < -0.4 is 0 Å². The summed E-state index contributed by atoms with van der Waals surface area (Å²) in [5.74, 6) is -0.266. The van der Waals surface area contributed by atoms with E-state index >= 15 is 0 Å². The Morgan fingerprint density at radius 1 is 1.00 bits per heavy atom. The molecule has 3 aromatic heterocycles. The Morgan fingerprint density at radius 3 is 2.57 bits per heavy atom. The van der Waals surface area contributed by atoms with Gasteiger partial charge in [-0.2, -0.15) is 5.10 Å². The number of rotatable bonds is 2. The third kappa shape index (κ3) is 2.26. The number of hydrogen-bond donors (Lipinski definition) is 0. The first kappa shape index (κ1) is 13.6. The highest BCUT2D eigenvalue weighted by atomic mass is 19.1. The molecular weight excluding hydrogens is 291 g/mol. The lowest BCUT2D eigenvalue weighted by atomic mass is 10.0. The molecule has 4 nitrogen and oxygen atoms in total. The van der Waals surface area contributed by atoms with Gasteiger partial charge in [-0.3, -0.25) is 0 Å². The molecule has 0 saturated carbocycles. The molecule has 0 unspecified atom stereocenters. The van der Waals surface area contributed by atoms with Gasteiger partial charge >= 0.3 is 0 Å². The van der Waals surface area contributed by atoms with Gasteiger partial charge in [0.2, 0.25) is 0 Å². The van der Waals surface area contributed by atoms with Gasteiger partial charge in [0.05, 0.1) is 16.8 Å². The highest BCUT2D eigenvalue weighted by Gasteiger charge is 2.18. The lowest BCUT2D eigenvalue weighted by Gasteiger charge is -2.03. The fourth-order valence-electron chi connectivity index (χ4n) is 2.70. The minimum Gasteiger partial charge on any atom is -0.245 e. The molecule has 5 heteroatoms. The molecule has 0 atom stereocenters. The number of nitrogens with zero attached hydrogens (tertiary/aromatic N) is 4. The molecule has 4 rings (SSSR count). The molecule has 4 aromatic rings. The highest BCUT2D eigenvalue weighted by molar-refractivity contribution is 5.90. The van der Waals surface area contributed by atoms with Crippen LogP contribution in [0.3, 0.4) is 0 Å². The van der Waals surface area contributed by atoms with Gasteiger partial charge in [0.15, 0.2) is 0 Å². The zero-order valence-corrected chi connectivity index (χ0v) is 12.4. The van der Waals surface area contributed by atoms with Gasteiger partial charge in [-0.25, -0.2) is 18.9 Å². The van der Waals surface area contributed by atoms with Gasteiger partial charge in [0, 0.05) is 17.5 Å². The predicted molar refractivity (Wildman–Crippen MR) is 86.3 cm³/mol. The van der Waals surface area contributed by atoms with Crippen LogP contribution >= 0.6 is 0 Å². The summed E-state index contributed by atoms with van der Waals surface area (Å²) in [5, 5.41) is 4.72. The number of aryl methyl sites for hydroxylation is 1. The van der Waals surface area contributed by atoms with E-state index in [0.717, 1.165) is 33.7 Å². The zero-order chi connectivity index (χ0) is 15.8. The van der Waals surface area contributed by atoms with E-state index in [1.54, 1.807) is 18.3 Å². The third-order valence-corrected chi connectivity index (χ3v) is 3.80. The molecule has 1 aromatic carbocycles. The fraction of sp³-hybridized carbons (Fsp3) is 0.0556. The minimum absolute atomic E-state index is 0.266. The molecule has 0 bridgehead atoms. The van der Waals surface area contributed by atoms with Crippen molar-refractivity contribution in [3.63, 3.8) is 0 Å². The van der Waals surface area contributed by atoms with Crippen molar-refractivity contribution < 1.29 is 4.39 Å². The quantitative estimate of drug-likeness (QED) is 0.564. The molecule has 0 aliphatic heterocycles. The number of benzene rings is 1. The molecule has 0 spiro atoms. The SMILES string of the molecule is Cc1cccc2c(-c3ccncn3)c(-c3ccc(F)cc3)nn12. The molecular formula is C18H13FN4. The average Bonchev–Trinajstić information content (AvgIpc) is 2.97. The average molecular weight is 304 g/mol.